The molecule has 2 aromatic carbocycles. The third-order valence-corrected chi connectivity index (χ3v) is 5.21. The Morgan fingerprint density at radius 1 is 1.10 bits per heavy atom. The van der Waals surface area contributed by atoms with Crippen LogP contribution >= 0.6 is 23.2 Å². The monoisotopic (exact) mass is 452 g/mol. The maximum atomic E-state index is 12.5. The highest BCUT2D eigenvalue weighted by Gasteiger charge is 2.39. The lowest BCUT2D eigenvalue weighted by molar-refractivity contribution is -0.291. The summed E-state index contributed by atoms with van der Waals surface area (Å²) in [7, 11) is 0. The van der Waals surface area contributed by atoms with E-state index in [0.29, 0.717) is 22.2 Å². The van der Waals surface area contributed by atoms with Crippen molar-refractivity contribution in [1.82, 2.24) is 0 Å². The fraction of sp³-hybridized carbons (Fsp3) is 0.435. The van der Waals surface area contributed by atoms with Gasteiger partial charge in [-0.15, -0.1) is 0 Å². The van der Waals surface area contributed by atoms with Crippen molar-refractivity contribution in [3.63, 3.8) is 0 Å². The van der Waals surface area contributed by atoms with Gasteiger partial charge in [-0.3, -0.25) is 0 Å². The summed E-state index contributed by atoms with van der Waals surface area (Å²) in [5.74, 6) is -0.253. The minimum Gasteiger partial charge on any atom is -0.456 e. The number of halogens is 2. The van der Waals surface area contributed by atoms with Gasteiger partial charge in [-0.05, 0) is 42.8 Å². The van der Waals surface area contributed by atoms with Crippen LogP contribution in [0.3, 0.4) is 0 Å². The zero-order valence-corrected chi connectivity index (χ0v) is 18.7. The fourth-order valence-corrected chi connectivity index (χ4v) is 3.82. The molecule has 0 aromatic heterocycles. The predicted molar refractivity (Wildman–Crippen MR) is 116 cm³/mol. The van der Waals surface area contributed by atoms with Crippen LogP contribution in [0.15, 0.2) is 48.5 Å². The normalized spacial score (nSPS) is 22.7. The van der Waals surface area contributed by atoms with Crippen molar-refractivity contribution in [2.45, 2.75) is 52.0 Å². The molecule has 1 heterocycles. The highest BCUT2D eigenvalue weighted by Crippen LogP contribution is 2.26. The lowest BCUT2D eigenvalue weighted by atomic mass is 10.1. The molecule has 4 atom stereocenters. The van der Waals surface area contributed by atoms with E-state index in [2.05, 4.69) is 0 Å². The Morgan fingerprint density at radius 3 is 2.40 bits per heavy atom. The largest absolute Gasteiger partial charge is 0.456 e. The number of rotatable bonds is 7. The first-order chi connectivity index (χ1) is 14.3. The second-order valence-corrected chi connectivity index (χ2v) is 8.52. The van der Waals surface area contributed by atoms with E-state index in [1.807, 2.05) is 19.9 Å². The minimum absolute atomic E-state index is 0.150. The zero-order valence-electron chi connectivity index (χ0n) is 17.2. The Labute approximate surface area is 187 Å². The van der Waals surface area contributed by atoms with E-state index in [1.165, 1.54) is 0 Å². The maximum Gasteiger partial charge on any atom is 0.338 e. The lowest BCUT2D eigenvalue weighted by Crippen LogP contribution is -2.52. The third kappa shape index (κ3) is 6.19. The molecule has 0 saturated carbocycles. The van der Waals surface area contributed by atoms with Crippen LogP contribution < -0.4 is 0 Å². The van der Waals surface area contributed by atoms with Gasteiger partial charge in [-0.25, -0.2) is 4.79 Å². The van der Waals surface area contributed by atoms with Crippen molar-refractivity contribution >= 4 is 29.2 Å². The molecule has 1 aliphatic rings. The van der Waals surface area contributed by atoms with Gasteiger partial charge < -0.3 is 18.9 Å². The second kappa shape index (κ2) is 10.6. The van der Waals surface area contributed by atoms with Gasteiger partial charge in [0.15, 0.2) is 6.29 Å². The molecule has 1 unspecified atom stereocenters. The summed E-state index contributed by atoms with van der Waals surface area (Å²) in [4.78, 5) is 12.5. The molecule has 1 saturated heterocycles. The Hall–Kier alpha value is -1.63. The van der Waals surface area contributed by atoms with E-state index in [4.69, 9.17) is 42.1 Å². The van der Waals surface area contributed by atoms with Crippen LogP contribution in [0.2, 0.25) is 10.0 Å². The number of carbonyl (C=O) groups is 1. The summed E-state index contributed by atoms with van der Waals surface area (Å²) in [6.45, 7) is 6.44. The quantitative estimate of drug-likeness (QED) is 0.517. The number of carbonyl (C=O) groups excluding carboxylic acids is 1. The van der Waals surface area contributed by atoms with Crippen molar-refractivity contribution in [2.24, 2.45) is 5.92 Å². The molecule has 0 N–H and O–H groups in total. The molecule has 1 fully saturated rings. The van der Waals surface area contributed by atoms with Crippen molar-refractivity contribution in [3.8, 4) is 0 Å². The SMILES string of the molecule is CC(C)[C@H]1OC[C@@H](OCc2cc(Cl)cc(Cl)c2)[C@@H](C(C)OC(=O)c2ccccc2)O1. The summed E-state index contributed by atoms with van der Waals surface area (Å²) in [5.41, 5.74) is 1.33. The number of esters is 1. The Bertz CT molecular complexity index is 822. The molecule has 2 aromatic rings. The first-order valence-corrected chi connectivity index (χ1v) is 10.7. The molecule has 0 aliphatic carbocycles. The van der Waals surface area contributed by atoms with E-state index in [1.54, 1.807) is 49.4 Å². The van der Waals surface area contributed by atoms with E-state index in [-0.39, 0.29) is 12.5 Å². The average molecular weight is 453 g/mol. The average Bonchev–Trinajstić information content (AvgIpc) is 2.72. The minimum atomic E-state index is -0.532. The molecule has 0 bridgehead atoms. The van der Waals surface area contributed by atoms with Crippen molar-refractivity contribution in [1.29, 1.82) is 0 Å². The summed E-state index contributed by atoms with van der Waals surface area (Å²) in [6, 6.07) is 14.1. The molecule has 0 amide bonds. The lowest BCUT2D eigenvalue weighted by Gasteiger charge is -2.40. The van der Waals surface area contributed by atoms with Crippen molar-refractivity contribution in [3.05, 3.63) is 69.7 Å². The highest BCUT2D eigenvalue weighted by atomic mass is 35.5. The Morgan fingerprint density at radius 2 is 1.77 bits per heavy atom. The third-order valence-electron chi connectivity index (χ3n) is 4.78. The van der Waals surface area contributed by atoms with E-state index in [9.17, 15) is 4.79 Å². The summed E-state index contributed by atoms with van der Waals surface area (Å²) in [6.07, 6.45) is -1.83. The van der Waals surface area contributed by atoms with Crippen LogP contribution in [0, 0.1) is 5.92 Å². The number of benzene rings is 2. The molecule has 30 heavy (non-hydrogen) atoms. The van der Waals surface area contributed by atoms with Crippen LogP contribution in [-0.4, -0.2) is 37.2 Å². The topological polar surface area (TPSA) is 54.0 Å². The first kappa shape index (κ1) is 23.0. The molecule has 1 aliphatic heterocycles. The molecule has 7 heteroatoms. The van der Waals surface area contributed by atoms with Gasteiger partial charge in [0.25, 0.3) is 0 Å². The predicted octanol–water partition coefficient (Wildman–Crippen LogP) is 5.52. The summed E-state index contributed by atoms with van der Waals surface area (Å²) >= 11 is 12.1. The van der Waals surface area contributed by atoms with Crippen LogP contribution in [0.4, 0.5) is 0 Å². The van der Waals surface area contributed by atoms with E-state index < -0.39 is 30.6 Å². The molecule has 162 valence electrons. The number of ether oxygens (including phenoxy) is 4. The zero-order chi connectivity index (χ0) is 21.7. The Balaban J connectivity index is 1.69. The van der Waals surface area contributed by atoms with Gasteiger partial charge in [0.1, 0.15) is 18.3 Å². The van der Waals surface area contributed by atoms with Gasteiger partial charge in [0, 0.05) is 16.0 Å². The van der Waals surface area contributed by atoms with Crippen LogP contribution in [0.5, 0.6) is 0 Å². The molecule has 0 radical (unpaired) electrons. The molecule has 5 nitrogen and oxygen atoms in total. The van der Waals surface area contributed by atoms with Gasteiger partial charge in [-0.2, -0.15) is 0 Å². The number of hydrogen-bond acceptors (Lipinski definition) is 5. The molecular formula is C23H26Cl2O5. The van der Waals surface area contributed by atoms with Gasteiger partial charge in [-0.1, -0.05) is 55.2 Å². The van der Waals surface area contributed by atoms with Crippen LogP contribution in [0.25, 0.3) is 0 Å². The Kier molecular flexibility index (Phi) is 8.14. The van der Waals surface area contributed by atoms with Crippen molar-refractivity contribution in [2.75, 3.05) is 6.61 Å². The summed E-state index contributed by atoms with van der Waals surface area (Å²) in [5, 5.41) is 1.08. The second-order valence-electron chi connectivity index (χ2n) is 7.65. The highest BCUT2D eigenvalue weighted by molar-refractivity contribution is 6.34. The van der Waals surface area contributed by atoms with Crippen LogP contribution in [0.1, 0.15) is 36.7 Å². The fourth-order valence-electron chi connectivity index (χ4n) is 3.25. The van der Waals surface area contributed by atoms with Crippen molar-refractivity contribution < 1.29 is 23.7 Å². The molecule has 3 rings (SSSR count). The molecule has 0 spiro atoms. The smallest absolute Gasteiger partial charge is 0.338 e. The van der Waals surface area contributed by atoms with Gasteiger partial charge in [0.05, 0.1) is 18.8 Å². The van der Waals surface area contributed by atoms with E-state index in [0.717, 1.165) is 5.56 Å². The summed E-state index contributed by atoms with van der Waals surface area (Å²) < 4.78 is 23.7. The molecular weight excluding hydrogens is 427 g/mol. The number of hydrogen-bond donors (Lipinski definition) is 0. The maximum absolute atomic E-state index is 12.5. The van der Waals surface area contributed by atoms with Gasteiger partial charge in [0.2, 0.25) is 0 Å². The van der Waals surface area contributed by atoms with Gasteiger partial charge >= 0.3 is 5.97 Å². The standard InChI is InChI=1S/C23H26Cl2O5/c1-14(2)23-28-13-20(27-12-16-9-18(24)11-19(25)10-16)21(30-23)15(3)29-22(26)17-7-5-4-6-8-17/h4-11,14-15,20-21,23H,12-13H2,1-3H3/t15?,20-,21-,23+/m1/s1. The van der Waals surface area contributed by atoms with Crippen LogP contribution in [-0.2, 0) is 25.6 Å². The first-order valence-electron chi connectivity index (χ1n) is 9.93. The van der Waals surface area contributed by atoms with E-state index >= 15 is 0 Å².